The van der Waals surface area contributed by atoms with Gasteiger partial charge < -0.3 is 14.8 Å². The van der Waals surface area contributed by atoms with E-state index in [1.165, 1.54) is 6.07 Å². The Balaban J connectivity index is 1.41. The molecule has 160 valence electrons. The Hall–Kier alpha value is -3.42. The van der Waals surface area contributed by atoms with Gasteiger partial charge in [0.15, 0.2) is 28.8 Å². The van der Waals surface area contributed by atoms with Gasteiger partial charge in [0, 0.05) is 17.3 Å². The van der Waals surface area contributed by atoms with Crippen molar-refractivity contribution in [1.29, 1.82) is 0 Å². The van der Waals surface area contributed by atoms with E-state index in [2.05, 4.69) is 10.4 Å². The van der Waals surface area contributed by atoms with Crippen LogP contribution in [-0.4, -0.2) is 28.9 Å². The molecular formula is C23H21F2N3O3. The lowest BCUT2D eigenvalue weighted by atomic mass is 10.1. The summed E-state index contributed by atoms with van der Waals surface area (Å²) in [7, 11) is 0. The summed E-state index contributed by atoms with van der Waals surface area (Å²) in [5.41, 5.74) is 3.33. The number of halogens is 2. The predicted octanol–water partition coefficient (Wildman–Crippen LogP) is 3.90. The third-order valence-corrected chi connectivity index (χ3v) is 5.71. The van der Waals surface area contributed by atoms with Crippen LogP contribution in [0.5, 0.6) is 11.5 Å². The molecule has 1 amide bonds. The molecule has 1 aliphatic carbocycles. The molecule has 1 unspecified atom stereocenters. The molecule has 2 aliphatic rings. The van der Waals surface area contributed by atoms with E-state index in [-0.39, 0.29) is 11.9 Å². The number of benzene rings is 2. The minimum absolute atomic E-state index is 0.284. The molecule has 2 heterocycles. The number of hydrogen-bond donors (Lipinski definition) is 1. The van der Waals surface area contributed by atoms with E-state index in [4.69, 9.17) is 9.47 Å². The topological polar surface area (TPSA) is 65.4 Å². The van der Waals surface area contributed by atoms with Crippen LogP contribution in [0.1, 0.15) is 46.7 Å². The summed E-state index contributed by atoms with van der Waals surface area (Å²) in [6.07, 6.45) is 2.33. The Kier molecular flexibility index (Phi) is 4.84. The van der Waals surface area contributed by atoms with Crippen molar-refractivity contribution < 1.29 is 23.0 Å². The summed E-state index contributed by atoms with van der Waals surface area (Å²) >= 11 is 0. The van der Waals surface area contributed by atoms with E-state index >= 15 is 0 Å². The number of aromatic nitrogens is 2. The quantitative estimate of drug-likeness (QED) is 0.689. The SMILES string of the molecule is CC(NC(=O)c1nn(-c2ccc(F)c(F)c2)c2c1CCC2)c1ccc2c(c1)OCCO2. The zero-order valence-corrected chi connectivity index (χ0v) is 17.0. The molecule has 1 atom stereocenters. The highest BCUT2D eigenvalue weighted by Gasteiger charge is 2.28. The molecule has 0 radical (unpaired) electrons. The van der Waals surface area contributed by atoms with Gasteiger partial charge in [-0.05, 0) is 56.0 Å². The highest BCUT2D eigenvalue weighted by molar-refractivity contribution is 5.94. The first kappa shape index (κ1) is 19.5. The van der Waals surface area contributed by atoms with Gasteiger partial charge in [0.2, 0.25) is 0 Å². The summed E-state index contributed by atoms with van der Waals surface area (Å²) in [5.74, 6) is -0.816. The first-order valence-corrected chi connectivity index (χ1v) is 10.3. The lowest BCUT2D eigenvalue weighted by molar-refractivity contribution is 0.0933. The third-order valence-electron chi connectivity index (χ3n) is 5.71. The fourth-order valence-electron chi connectivity index (χ4n) is 4.13. The minimum Gasteiger partial charge on any atom is -0.486 e. The van der Waals surface area contributed by atoms with Gasteiger partial charge in [0.25, 0.3) is 5.91 Å². The fraction of sp³-hybridized carbons (Fsp3) is 0.304. The smallest absolute Gasteiger partial charge is 0.272 e. The molecule has 3 aromatic rings. The van der Waals surface area contributed by atoms with Crippen molar-refractivity contribution in [2.45, 2.75) is 32.2 Å². The Morgan fingerprint density at radius 2 is 1.87 bits per heavy atom. The number of hydrogen-bond acceptors (Lipinski definition) is 4. The molecule has 2 aromatic carbocycles. The molecule has 1 aliphatic heterocycles. The molecule has 1 aromatic heterocycles. The van der Waals surface area contributed by atoms with Gasteiger partial charge in [-0.2, -0.15) is 5.10 Å². The van der Waals surface area contributed by atoms with Crippen LogP contribution < -0.4 is 14.8 Å². The van der Waals surface area contributed by atoms with Gasteiger partial charge in [-0.15, -0.1) is 0 Å². The van der Waals surface area contributed by atoms with Crippen molar-refractivity contribution in [3.05, 3.63) is 70.5 Å². The molecule has 0 saturated carbocycles. The van der Waals surface area contributed by atoms with Gasteiger partial charge in [0.1, 0.15) is 13.2 Å². The van der Waals surface area contributed by atoms with E-state index in [0.29, 0.717) is 36.1 Å². The molecule has 0 saturated heterocycles. The third kappa shape index (κ3) is 3.52. The molecule has 8 heteroatoms. The maximum atomic E-state index is 13.7. The Morgan fingerprint density at radius 1 is 1.06 bits per heavy atom. The summed E-state index contributed by atoms with van der Waals surface area (Å²) < 4.78 is 39.8. The Bertz CT molecular complexity index is 1180. The second-order valence-electron chi connectivity index (χ2n) is 7.74. The second kappa shape index (κ2) is 7.68. The van der Waals surface area contributed by atoms with Gasteiger partial charge in [-0.3, -0.25) is 4.79 Å². The van der Waals surface area contributed by atoms with Crippen LogP contribution >= 0.6 is 0 Å². The van der Waals surface area contributed by atoms with Crippen LogP contribution in [0.3, 0.4) is 0 Å². The number of ether oxygens (including phenoxy) is 2. The molecular weight excluding hydrogens is 404 g/mol. The van der Waals surface area contributed by atoms with Crippen molar-refractivity contribution in [3.8, 4) is 17.2 Å². The average Bonchev–Trinajstić information content (AvgIpc) is 3.38. The number of carbonyl (C=O) groups excluding carboxylic acids is 1. The van der Waals surface area contributed by atoms with Gasteiger partial charge in [-0.25, -0.2) is 13.5 Å². The predicted molar refractivity (Wildman–Crippen MR) is 109 cm³/mol. The van der Waals surface area contributed by atoms with E-state index in [0.717, 1.165) is 48.2 Å². The van der Waals surface area contributed by atoms with Crippen molar-refractivity contribution in [3.63, 3.8) is 0 Å². The van der Waals surface area contributed by atoms with Gasteiger partial charge in [-0.1, -0.05) is 6.07 Å². The fourth-order valence-corrected chi connectivity index (χ4v) is 4.13. The van der Waals surface area contributed by atoms with Crippen LogP contribution in [-0.2, 0) is 12.8 Å². The minimum atomic E-state index is -0.946. The summed E-state index contributed by atoms with van der Waals surface area (Å²) in [6, 6.07) is 8.93. The summed E-state index contributed by atoms with van der Waals surface area (Å²) in [5, 5.41) is 7.45. The Labute approximate surface area is 177 Å². The maximum Gasteiger partial charge on any atom is 0.272 e. The van der Waals surface area contributed by atoms with Crippen LogP contribution in [0.4, 0.5) is 8.78 Å². The Morgan fingerprint density at radius 3 is 2.68 bits per heavy atom. The van der Waals surface area contributed by atoms with E-state index in [1.807, 2.05) is 25.1 Å². The van der Waals surface area contributed by atoms with Crippen LogP contribution in [0, 0.1) is 11.6 Å². The number of carbonyl (C=O) groups is 1. The van der Waals surface area contributed by atoms with Crippen LogP contribution in [0.25, 0.3) is 5.69 Å². The van der Waals surface area contributed by atoms with E-state index < -0.39 is 11.6 Å². The number of nitrogens with zero attached hydrogens (tertiary/aromatic N) is 2. The second-order valence-corrected chi connectivity index (χ2v) is 7.74. The number of amides is 1. The molecule has 1 N–H and O–H groups in total. The largest absolute Gasteiger partial charge is 0.486 e. The van der Waals surface area contributed by atoms with Gasteiger partial charge >= 0.3 is 0 Å². The zero-order valence-electron chi connectivity index (χ0n) is 17.0. The van der Waals surface area contributed by atoms with Crippen molar-refractivity contribution in [2.24, 2.45) is 0 Å². The number of nitrogens with one attached hydrogen (secondary N) is 1. The van der Waals surface area contributed by atoms with Gasteiger partial charge in [0.05, 0.1) is 11.7 Å². The normalized spacial score (nSPS) is 15.5. The zero-order chi connectivity index (χ0) is 21.5. The summed E-state index contributed by atoms with van der Waals surface area (Å²) in [6.45, 7) is 2.89. The first-order valence-electron chi connectivity index (χ1n) is 10.3. The first-order chi connectivity index (χ1) is 15.0. The maximum absolute atomic E-state index is 13.7. The lowest BCUT2D eigenvalue weighted by Gasteiger charge is -2.21. The molecule has 31 heavy (non-hydrogen) atoms. The number of rotatable bonds is 4. The highest BCUT2D eigenvalue weighted by Crippen LogP contribution is 2.33. The van der Waals surface area contributed by atoms with Crippen molar-refractivity contribution in [1.82, 2.24) is 15.1 Å². The lowest BCUT2D eigenvalue weighted by Crippen LogP contribution is -2.28. The van der Waals surface area contributed by atoms with Crippen LogP contribution in [0.2, 0.25) is 0 Å². The monoisotopic (exact) mass is 425 g/mol. The van der Waals surface area contributed by atoms with E-state index in [9.17, 15) is 13.6 Å². The molecule has 6 nitrogen and oxygen atoms in total. The highest BCUT2D eigenvalue weighted by atomic mass is 19.2. The molecule has 0 bridgehead atoms. The average molecular weight is 425 g/mol. The number of fused-ring (bicyclic) bond motifs is 2. The van der Waals surface area contributed by atoms with E-state index in [1.54, 1.807) is 4.68 Å². The molecule has 0 fully saturated rings. The van der Waals surface area contributed by atoms with Crippen molar-refractivity contribution in [2.75, 3.05) is 13.2 Å². The molecule has 0 spiro atoms. The molecule has 5 rings (SSSR count). The van der Waals surface area contributed by atoms with Crippen molar-refractivity contribution >= 4 is 5.91 Å². The van der Waals surface area contributed by atoms with Crippen LogP contribution in [0.15, 0.2) is 36.4 Å². The standard InChI is InChI=1S/C23H21F2N3O3/c1-13(14-5-8-20-21(11-14)31-10-9-30-20)26-23(29)22-16-3-2-4-19(16)28(27-22)15-6-7-17(24)18(25)12-15/h5-8,11-13H,2-4,9-10H2,1H3,(H,26,29). The summed E-state index contributed by atoms with van der Waals surface area (Å²) in [4.78, 5) is 13.1.